The molecule has 8 aromatic rings. The lowest BCUT2D eigenvalue weighted by molar-refractivity contribution is 0.705. The monoisotopic (exact) mass is 742 g/mol. The van der Waals surface area contributed by atoms with Crippen molar-refractivity contribution in [2.75, 3.05) is 9.80 Å². The molecule has 1 spiro atoms. The van der Waals surface area contributed by atoms with Gasteiger partial charge in [-0.1, -0.05) is 162 Å². The molecule has 8 aromatic carbocycles. The van der Waals surface area contributed by atoms with Crippen molar-refractivity contribution in [2.24, 2.45) is 0 Å². The molecular weight excluding hydrogens is 708 g/mol. The first-order valence-corrected chi connectivity index (χ1v) is 19.0. The number of halogens is 1. The number of para-hydroxylation sites is 3. The molecule has 0 aliphatic carbocycles. The fourth-order valence-corrected chi connectivity index (χ4v) is 9.10. The first kappa shape index (κ1) is 31.6. The molecule has 0 unspecified atom stereocenters. The maximum Gasteiger partial charge on any atom is 0.0783 e. The summed E-state index contributed by atoms with van der Waals surface area (Å²) in [6.07, 6.45) is 0. The van der Waals surface area contributed by atoms with Crippen molar-refractivity contribution in [2.45, 2.75) is 12.0 Å². The fourth-order valence-electron chi connectivity index (χ4n) is 8.69. The van der Waals surface area contributed by atoms with Gasteiger partial charge in [0.2, 0.25) is 0 Å². The average molecular weight is 744 g/mol. The van der Waals surface area contributed by atoms with Gasteiger partial charge in [0.1, 0.15) is 0 Å². The Labute approximate surface area is 319 Å². The zero-order chi connectivity index (χ0) is 35.4. The third-order valence-corrected chi connectivity index (χ3v) is 11.8. The summed E-state index contributed by atoms with van der Waals surface area (Å²) in [6, 6.07) is 73.4. The van der Waals surface area contributed by atoms with Crippen LogP contribution in [0.3, 0.4) is 0 Å². The Kier molecular flexibility index (Phi) is 7.63. The van der Waals surface area contributed by atoms with Crippen LogP contribution in [-0.2, 0) is 12.0 Å². The van der Waals surface area contributed by atoms with Crippen molar-refractivity contribution < 1.29 is 0 Å². The summed E-state index contributed by atoms with van der Waals surface area (Å²) in [5.41, 5.74) is 16.4. The minimum absolute atomic E-state index is 0.636. The predicted octanol–water partition coefficient (Wildman–Crippen LogP) is 13.6. The van der Waals surface area contributed by atoms with Crippen LogP contribution >= 0.6 is 15.9 Å². The summed E-state index contributed by atoms with van der Waals surface area (Å²) < 4.78 is 1.11. The van der Waals surface area contributed by atoms with Gasteiger partial charge < -0.3 is 9.80 Å². The van der Waals surface area contributed by atoms with Gasteiger partial charge >= 0.3 is 0 Å². The maximum atomic E-state index is 3.87. The topological polar surface area (TPSA) is 6.48 Å². The van der Waals surface area contributed by atoms with Gasteiger partial charge in [0.15, 0.2) is 0 Å². The molecule has 252 valence electrons. The van der Waals surface area contributed by atoms with E-state index < -0.39 is 5.41 Å². The van der Waals surface area contributed by atoms with Gasteiger partial charge in [0.05, 0.1) is 16.8 Å². The lowest BCUT2D eigenvalue weighted by Gasteiger charge is -2.51. The molecule has 0 amide bonds. The molecule has 0 saturated heterocycles. The van der Waals surface area contributed by atoms with Crippen molar-refractivity contribution >= 4 is 44.4 Å². The number of fused-ring (bicyclic) bond motifs is 8. The van der Waals surface area contributed by atoms with Gasteiger partial charge in [-0.3, -0.25) is 0 Å². The standard InChI is InChI=1S/C50H35BrN2/c51-45-25-13-10-20-39(45)34-52-46-26-14-11-23-41(46)50(42-24-12-15-27-47(42)52)43-32-37(35-16-4-1-5-17-35)28-30-48(43)53(40-21-8-3-9-22-40)49-31-29-38(33-44(49)50)36-18-6-2-7-19-36/h1-33H,34H2. The van der Waals surface area contributed by atoms with E-state index in [4.69, 9.17) is 0 Å². The maximum absolute atomic E-state index is 3.87. The van der Waals surface area contributed by atoms with Crippen LogP contribution < -0.4 is 9.80 Å². The van der Waals surface area contributed by atoms with Crippen LogP contribution in [0.1, 0.15) is 27.8 Å². The Hall–Kier alpha value is -6.16. The second-order valence-electron chi connectivity index (χ2n) is 13.8. The molecule has 0 fully saturated rings. The fraction of sp³-hybridized carbons (Fsp3) is 0.0400. The van der Waals surface area contributed by atoms with E-state index in [1.165, 1.54) is 72.8 Å². The third kappa shape index (κ3) is 4.99. The van der Waals surface area contributed by atoms with E-state index in [2.05, 4.69) is 226 Å². The van der Waals surface area contributed by atoms with Crippen molar-refractivity contribution in [3.63, 3.8) is 0 Å². The molecule has 3 heteroatoms. The Morgan fingerprint density at radius 1 is 0.377 bits per heavy atom. The van der Waals surface area contributed by atoms with E-state index >= 15 is 0 Å². The summed E-state index contributed by atoms with van der Waals surface area (Å²) in [5.74, 6) is 0. The average Bonchev–Trinajstić information content (AvgIpc) is 3.23. The first-order valence-electron chi connectivity index (χ1n) is 18.2. The van der Waals surface area contributed by atoms with Crippen molar-refractivity contribution in [3.05, 3.63) is 232 Å². The Balaban J connectivity index is 1.35. The van der Waals surface area contributed by atoms with Crippen LogP contribution in [0, 0.1) is 0 Å². The molecule has 0 radical (unpaired) electrons. The summed E-state index contributed by atoms with van der Waals surface area (Å²) in [5, 5.41) is 0. The highest BCUT2D eigenvalue weighted by molar-refractivity contribution is 9.10. The van der Waals surface area contributed by atoms with E-state index in [1.54, 1.807) is 0 Å². The van der Waals surface area contributed by atoms with E-state index in [1.807, 2.05) is 0 Å². The zero-order valence-corrected chi connectivity index (χ0v) is 30.6. The smallest absolute Gasteiger partial charge is 0.0783 e. The predicted molar refractivity (Wildman–Crippen MR) is 224 cm³/mol. The van der Waals surface area contributed by atoms with Crippen molar-refractivity contribution in [3.8, 4) is 22.3 Å². The minimum atomic E-state index is -0.636. The van der Waals surface area contributed by atoms with Gasteiger partial charge in [-0.15, -0.1) is 0 Å². The third-order valence-electron chi connectivity index (χ3n) is 11.0. The number of rotatable bonds is 5. The molecule has 10 rings (SSSR count). The van der Waals surface area contributed by atoms with Crippen LogP contribution in [0.25, 0.3) is 22.3 Å². The Bertz CT molecular complexity index is 2480. The normalized spacial score (nSPS) is 13.5. The minimum Gasteiger partial charge on any atom is -0.336 e. The van der Waals surface area contributed by atoms with Gasteiger partial charge in [-0.25, -0.2) is 0 Å². The molecule has 0 atom stereocenters. The molecule has 0 saturated carbocycles. The van der Waals surface area contributed by atoms with Gasteiger partial charge in [0, 0.05) is 28.1 Å². The van der Waals surface area contributed by atoms with Crippen LogP contribution in [0.2, 0.25) is 0 Å². The van der Waals surface area contributed by atoms with E-state index in [0.29, 0.717) is 0 Å². The lowest BCUT2D eigenvalue weighted by atomic mass is 9.59. The number of hydrogen-bond donors (Lipinski definition) is 0. The number of benzene rings is 8. The van der Waals surface area contributed by atoms with Gasteiger partial charge in [-0.05, 0) is 105 Å². The molecule has 2 aliphatic heterocycles. The second kappa shape index (κ2) is 12.8. The quantitative estimate of drug-likeness (QED) is 0.173. The second-order valence-corrected chi connectivity index (χ2v) is 14.7. The van der Waals surface area contributed by atoms with Gasteiger partial charge in [0.25, 0.3) is 0 Å². The molecule has 2 heterocycles. The summed E-state index contributed by atoms with van der Waals surface area (Å²) in [6.45, 7) is 0.732. The summed E-state index contributed by atoms with van der Waals surface area (Å²) in [7, 11) is 0. The van der Waals surface area contributed by atoms with E-state index in [9.17, 15) is 0 Å². The number of anilines is 5. The molecular formula is C50H35BrN2. The zero-order valence-electron chi connectivity index (χ0n) is 29.0. The SMILES string of the molecule is Brc1ccccc1CN1c2ccccc2C2(c3ccccc31)c1cc(-c3ccccc3)ccc1N(c1ccccc1)c1ccc(-c3ccccc3)cc12. The Morgan fingerprint density at radius 2 is 0.830 bits per heavy atom. The molecule has 0 aromatic heterocycles. The van der Waals surface area contributed by atoms with Crippen LogP contribution in [-0.4, -0.2) is 0 Å². The van der Waals surface area contributed by atoms with Crippen LogP contribution in [0.15, 0.2) is 205 Å². The molecule has 0 N–H and O–H groups in total. The highest BCUT2D eigenvalue weighted by atomic mass is 79.9. The highest BCUT2D eigenvalue weighted by Crippen LogP contribution is 2.64. The molecule has 2 nitrogen and oxygen atoms in total. The van der Waals surface area contributed by atoms with Crippen LogP contribution in [0.4, 0.5) is 28.4 Å². The number of nitrogens with zero attached hydrogens (tertiary/aromatic N) is 2. The van der Waals surface area contributed by atoms with E-state index in [-0.39, 0.29) is 0 Å². The van der Waals surface area contributed by atoms with Gasteiger partial charge in [-0.2, -0.15) is 0 Å². The lowest BCUT2D eigenvalue weighted by Crippen LogP contribution is -2.42. The molecule has 2 aliphatic rings. The van der Waals surface area contributed by atoms with Crippen LogP contribution in [0.5, 0.6) is 0 Å². The molecule has 0 bridgehead atoms. The highest BCUT2D eigenvalue weighted by Gasteiger charge is 2.52. The van der Waals surface area contributed by atoms with Crippen molar-refractivity contribution in [1.29, 1.82) is 0 Å². The first-order chi connectivity index (χ1) is 26.2. The summed E-state index contributed by atoms with van der Waals surface area (Å²) >= 11 is 3.87. The summed E-state index contributed by atoms with van der Waals surface area (Å²) in [4.78, 5) is 4.99. The molecule has 53 heavy (non-hydrogen) atoms. The Morgan fingerprint density at radius 3 is 1.36 bits per heavy atom. The number of hydrogen-bond acceptors (Lipinski definition) is 2. The van der Waals surface area contributed by atoms with E-state index in [0.717, 1.165) is 16.7 Å². The van der Waals surface area contributed by atoms with Crippen molar-refractivity contribution in [1.82, 2.24) is 0 Å². The largest absolute Gasteiger partial charge is 0.336 e.